The number of carbonyl (C=O) groups is 1. The van der Waals surface area contributed by atoms with Crippen molar-refractivity contribution < 1.29 is 22.9 Å². The maximum absolute atomic E-state index is 13.6. The van der Waals surface area contributed by atoms with Crippen molar-refractivity contribution in [2.45, 2.75) is 11.8 Å². The lowest BCUT2D eigenvalue weighted by atomic mass is 10.2. The number of sulfonamides is 1. The molecule has 0 heterocycles. The van der Waals surface area contributed by atoms with Crippen LogP contribution in [0.1, 0.15) is 5.56 Å². The van der Waals surface area contributed by atoms with E-state index in [2.05, 4.69) is 5.32 Å². The molecule has 0 unspecified atom stereocenters. The smallest absolute Gasteiger partial charge is 0.270 e. The van der Waals surface area contributed by atoms with E-state index in [-0.39, 0.29) is 16.5 Å². The number of para-hydroxylation sites is 3. The van der Waals surface area contributed by atoms with Gasteiger partial charge < -0.3 is 10.1 Å². The minimum atomic E-state index is -4.51. The van der Waals surface area contributed by atoms with E-state index in [1.165, 1.54) is 19.2 Å². The van der Waals surface area contributed by atoms with Gasteiger partial charge in [0.2, 0.25) is 5.91 Å². The summed E-state index contributed by atoms with van der Waals surface area (Å²) in [7, 11) is -3.16. The van der Waals surface area contributed by atoms with E-state index < -0.39 is 38.0 Å². The summed E-state index contributed by atoms with van der Waals surface area (Å²) in [5, 5.41) is 13.7. The van der Waals surface area contributed by atoms with Crippen molar-refractivity contribution >= 4 is 44.6 Å². The van der Waals surface area contributed by atoms with Crippen molar-refractivity contribution in [3.8, 4) is 5.75 Å². The van der Waals surface area contributed by atoms with Gasteiger partial charge in [0, 0.05) is 17.8 Å². The van der Waals surface area contributed by atoms with Gasteiger partial charge in [-0.25, -0.2) is 8.42 Å². The van der Waals surface area contributed by atoms with Gasteiger partial charge in [-0.2, -0.15) is 0 Å². The van der Waals surface area contributed by atoms with Gasteiger partial charge in [-0.05, 0) is 36.8 Å². The van der Waals surface area contributed by atoms with Crippen molar-refractivity contribution in [3.05, 3.63) is 87.4 Å². The number of carbonyl (C=O) groups excluding carboxylic acids is 1. The average Bonchev–Trinajstić information content (AvgIpc) is 2.79. The largest absolute Gasteiger partial charge is 0.495 e. The first kappa shape index (κ1) is 24.0. The van der Waals surface area contributed by atoms with Gasteiger partial charge in [-0.1, -0.05) is 41.9 Å². The van der Waals surface area contributed by atoms with Crippen molar-refractivity contribution in [2.75, 3.05) is 23.3 Å². The third-order valence-corrected chi connectivity index (χ3v) is 7.00. The fourth-order valence-corrected chi connectivity index (χ4v) is 5.02. The van der Waals surface area contributed by atoms with E-state index >= 15 is 0 Å². The summed E-state index contributed by atoms with van der Waals surface area (Å²) in [6, 6.07) is 16.3. The fourth-order valence-electron chi connectivity index (χ4n) is 3.09. The highest BCUT2D eigenvalue weighted by Crippen LogP contribution is 2.35. The predicted octanol–water partition coefficient (Wildman–Crippen LogP) is 4.40. The summed E-state index contributed by atoms with van der Waals surface area (Å²) in [4.78, 5) is 22.9. The van der Waals surface area contributed by atoms with Gasteiger partial charge in [0.15, 0.2) is 0 Å². The molecule has 0 aliphatic rings. The zero-order valence-electron chi connectivity index (χ0n) is 17.7. The molecule has 0 atom stereocenters. The number of hydrogen-bond donors (Lipinski definition) is 1. The highest BCUT2D eigenvalue weighted by Gasteiger charge is 2.32. The maximum atomic E-state index is 13.6. The molecule has 0 aromatic heterocycles. The molecule has 3 rings (SSSR count). The Labute approximate surface area is 195 Å². The first-order valence-electron chi connectivity index (χ1n) is 9.60. The Morgan fingerprint density at radius 1 is 1.12 bits per heavy atom. The lowest BCUT2D eigenvalue weighted by Crippen LogP contribution is -2.38. The number of non-ortho nitro benzene ring substituents is 1. The minimum Gasteiger partial charge on any atom is -0.495 e. The second-order valence-corrected chi connectivity index (χ2v) is 9.16. The Kier molecular flexibility index (Phi) is 7.19. The van der Waals surface area contributed by atoms with Crippen LogP contribution in [0.2, 0.25) is 5.02 Å². The van der Waals surface area contributed by atoms with Crippen LogP contribution in [0.25, 0.3) is 0 Å². The normalized spacial score (nSPS) is 11.0. The zero-order valence-corrected chi connectivity index (χ0v) is 19.3. The summed E-state index contributed by atoms with van der Waals surface area (Å²) in [5.74, 6) is -0.438. The number of anilines is 2. The molecule has 0 saturated carbocycles. The van der Waals surface area contributed by atoms with E-state index in [0.29, 0.717) is 5.69 Å². The molecule has 1 N–H and O–H groups in total. The second-order valence-electron chi connectivity index (χ2n) is 6.92. The molecular formula is C22H20ClN3O6S. The molecule has 0 bridgehead atoms. The van der Waals surface area contributed by atoms with Crippen LogP contribution in [0.5, 0.6) is 5.75 Å². The highest BCUT2D eigenvalue weighted by molar-refractivity contribution is 7.93. The van der Waals surface area contributed by atoms with Gasteiger partial charge in [0.05, 0.1) is 22.7 Å². The molecule has 9 nitrogen and oxygen atoms in total. The quantitative estimate of drug-likeness (QED) is 0.370. The third-order valence-electron chi connectivity index (χ3n) is 4.75. The molecule has 0 fully saturated rings. The molecule has 0 aliphatic carbocycles. The molecule has 33 heavy (non-hydrogen) atoms. The molecule has 0 saturated heterocycles. The first-order chi connectivity index (χ1) is 15.6. The summed E-state index contributed by atoms with van der Waals surface area (Å²) in [6.07, 6.45) is 0. The fraction of sp³-hybridized carbons (Fsp3) is 0.136. The number of aryl methyl sites for hydroxylation is 1. The second kappa shape index (κ2) is 9.88. The van der Waals surface area contributed by atoms with Crippen LogP contribution in [0.4, 0.5) is 17.1 Å². The molecule has 3 aromatic rings. The first-order valence-corrected chi connectivity index (χ1v) is 11.4. The summed E-state index contributed by atoms with van der Waals surface area (Å²) in [6.45, 7) is 1.17. The van der Waals surface area contributed by atoms with Gasteiger partial charge in [-0.3, -0.25) is 19.2 Å². The molecule has 3 aromatic carbocycles. The van der Waals surface area contributed by atoms with Crippen molar-refractivity contribution in [3.63, 3.8) is 0 Å². The number of hydrogen-bond acceptors (Lipinski definition) is 6. The number of rotatable bonds is 8. The van der Waals surface area contributed by atoms with Crippen LogP contribution >= 0.6 is 11.6 Å². The van der Waals surface area contributed by atoms with E-state index in [1.807, 2.05) is 0 Å². The molecular weight excluding hydrogens is 470 g/mol. The number of amides is 1. The van der Waals surface area contributed by atoms with Crippen LogP contribution in [-0.2, 0) is 14.8 Å². The highest BCUT2D eigenvalue weighted by atomic mass is 35.5. The number of nitro benzene ring substituents is 1. The van der Waals surface area contributed by atoms with Crippen LogP contribution in [0.3, 0.4) is 0 Å². The summed E-state index contributed by atoms with van der Waals surface area (Å²) < 4.78 is 33.4. The monoisotopic (exact) mass is 489 g/mol. The van der Waals surface area contributed by atoms with Gasteiger partial charge >= 0.3 is 0 Å². The van der Waals surface area contributed by atoms with E-state index in [1.54, 1.807) is 43.3 Å². The van der Waals surface area contributed by atoms with E-state index in [9.17, 15) is 23.3 Å². The van der Waals surface area contributed by atoms with Crippen molar-refractivity contribution in [1.29, 1.82) is 0 Å². The number of methoxy groups -OCH3 is 1. The van der Waals surface area contributed by atoms with Crippen LogP contribution in [-0.4, -0.2) is 32.9 Å². The molecule has 1 amide bonds. The Hall–Kier alpha value is -3.63. The maximum Gasteiger partial charge on any atom is 0.270 e. The Morgan fingerprint density at radius 2 is 1.79 bits per heavy atom. The third kappa shape index (κ3) is 5.24. The standard InChI is InChI=1S/C22H20ClN3O6S/c1-15-7-3-4-8-18(15)24-22(27)14-25(19-9-5-6-10-20(19)32-2)33(30,31)21-13-16(26(28)29)11-12-17(21)23/h3-13H,14H2,1-2H3,(H,24,27). The number of ether oxygens (including phenoxy) is 1. The Morgan fingerprint density at radius 3 is 2.45 bits per heavy atom. The molecule has 0 spiro atoms. The SMILES string of the molecule is COc1ccccc1N(CC(=O)Nc1ccccc1C)S(=O)(=O)c1cc([N+](=O)[O-])ccc1Cl. The Bertz CT molecular complexity index is 1310. The Balaban J connectivity index is 2.09. The van der Waals surface area contributed by atoms with Gasteiger partial charge in [0.1, 0.15) is 17.2 Å². The topological polar surface area (TPSA) is 119 Å². The lowest BCUT2D eigenvalue weighted by molar-refractivity contribution is -0.385. The summed E-state index contributed by atoms with van der Waals surface area (Å²) >= 11 is 6.12. The molecule has 0 radical (unpaired) electrons. The number of benzene rings is 3. The average molecular weight is 490 g/mol. The zero-order chi connectivity index (χ0) is 24.2. The summed E-state index contributed by atoms with van der Waals surface area (Å²) in [5.41, 5.74) is 0.928. The van der Waals surface area contributed by atoms with Crippen LogP contribution in [0.15, 0.2) is 71.6 Å². The van der Waals surface area contributed by atoms with Crippen molar-refractivity contribution in [1.82, 2.24) is 0 Å². The molecule has 172 valence electrons. The van der Waals surface area contributed by atoms with Crippen LogP contribution in [0, 0.1) is 17.0 Å². The van der Waals surface area contributed by atoms with Gasteiger partial charge in [0.25, 0.3) is 15.7 Å². The minimum absolute atomic E-state index is 0.0718. The predicted molar refractivity (Wildman–Crippen MR) is 125 cm³/mol. The number of nitrogens with zero attached hydrogens (tertiary/aromatic N) is 2. The number of nitro groups is 1. The molecule has 11 heteroatoms. The van der Waals surface area contributed by atoms with E-state index in [4.69, 9.17) is 16.3 Å². The van der Waals surface area contributed by atoms with Crippen molar-refractivity contribution in [2.24, 2.45) is 0 Å². The van der Waals surface area contributed by atoms with Gasteiger partial charge in [-0.15, -0.1) is 0 Å². The lowest BCUT2D eigenvalue weighted by Gasteiger charge is -2.26. The number of halogens is 1. The molecule has 0 aliphatic heterocycles. The van der Waals surface area contributed by atoms with E-state index in [0.717, 1.165) is 28.1 Å². The van der Waals surface area contributed by atoms with Crippen LogP contribution < -0.4 is 14.4 Å². The number of nitrogens with one attached hydrogen (secondary N) is 1.